The van der Waals surface area contributed by atoms with E-state index in [9.17, 15) is 4.79 Å². The second kappa shape index (κ2) is 5.87. The molecule has 1 fully saturated rings. The van der Waals surface area contributed by atoms with Gasteiger partial charge >= 0.3 is 6.03 Å². The molecule has 1 heterocycles. The Morgan fingerprint density at radius 1 is 1.39 bits per heavy atom. The molecule has 0 aromatic heterocycles. The lowest BCUT2D eigenvalue weighted by atomic mass is 10.1. The maximum Gasteiger partial charge on any atom is 0.321 e. The molecule has 0 saturated carbocycles. The average molecular weight is 247 g/mol. The van der Waals surface area contributed by atoms with Gasteiger partial charge in [0, 0.05) is 24.8 Å². The monoisotopic (exact) mass is 247 g/mol. The van der Waals surface area contributed by atoms with E-state index in [0.717, 1.165) is 37.2 Å². The van der Waals surface area contributed by atoms with Gasteiger partial charge in [-0.05, 0) is 38.4 Å². The highest BCUT2D eigenvalue weighted by molar-refractivity contribution is 5.90. The van der Waals surface area contributed by atoms with Crippen LogP contribution >= 0.6 is 0 Å². The fourth-order valence-corrected chi connectivity index (χ4v) is 2.30. The van der Waals surface area contributed by atoms with Gasteiger partial charge in [-0.1, -0.05) is 18.2 Å². The summed E-state index contributed by atoms with van der Waals surface area (Å²) in [6.45, 7) is 3.63. The first-order valence-electron chi connectivity index (χ1n) is 6.49. The number of rotatable bonds is 2. The molecule has 0 radical (unpaired) electrons. The summed E-state index contributed by atoms with van der Waals surface area (Å²) in [5.41, 5.74) is 1.99. The molecule has 0 bridgehead atoms. The summed E-state index contributed by atoms with van der Waals surface area (Å²) >= 11 is 0. The van der Waals surface area contributed by atoms with Crippen molar-refractivity contribution in [3.8, 4) is 0 Å². The molecule has 1 aliphatic rings. The lowest BCUT2D eigenvalue weighted by Crippen LogP contribution is -2.48. The number of amides is 2. The second-order valence-electron chi connectivity index (χ2n) is 4.82. The van der Waals surface area contributed by atoms with Crippen LogP contribution in [-0.4, -0.2) is 37.1 Å². The third-order valence-corrected chi connectivity index (χ3v) is 3.50. The summed E-state index contributed by atoms with van der Waals surface area (Å²) in [4.78, 5) is 14.1. The molecular weight excluding hydrogens is 226 g/mol. The molecule has 1 aliphatic heterocycles. The Kier molecular flexibility index (Phi) is 4.20. The zero-order chi connectivity index (χ0) is 13.0. The van der Waals surface area contributed by atoms with Crippen LogP contribution in [0.25, 0.3) is 0 Å². The van der Waals surface area contributed by atoms with E-state index >= 15 is 0 Å². The number of nitrogens with one attached hydrogen (secondary N) is 2. The van der Waals surface area contributed by atoms with Crippen molar-refractivity contribution in [3.63, 3.8) is 0 Å². The van der Waals surface area contributed by atoms with Crippen molar-refractivity contribution in [2.45, 2.75) is 25.8 Å². The van der Waals surface area contributed by atoms with Crippen LogP contribution in [0.15, 0.2) is 24.3 Å². The fourth-order valence-electron chi connectivity index (χ4n) is 2.30. The summed E-state index contributed by atoms with van der Waals surface area (Å²) in [5, 5.41) is 6.23. The minimum atomic E-state index is 0.00394. The Labute approximate surface area is 108 Å². The molecule has 1 atom stereocenters. The SMILES string of the molecule is CNC1CCCN(C(=O)Nc2ccccc2C)C1. The minimum absolute atomic E-state index is 0.00394. The molecule has 2 N–H and O–H groups in total. The largest absolute Gasteiger partial charge is 0.323 e. The number of carbonyl (C=O) groups is 1. The number of nitrogens with zero attached hydrogens (tertiary/aromatic N) is 1. The van der Waals surface area contributed by atoms with Crippen LogP contribution in [0.2, 0.25) is 0 Å². The van der Waals surface area contributed by atoms with E-state index in [1.54, 1.807) is 0 Å². The smallest absolute Gasteiger partial charge is 0.321 e. The van der Waals surface area contributed by atoms with E-state index in [1.165, 1.54) is 0 Å². The van der Waals surface area contributed by atoms with Crippen molar-refractivity contribution in [1.82, 2.24) is 10.2 Å². The summed E-state index contributed by atoms with van der Waals surface area (Å²) in [7, 11) is 1.95. The molecule has 4 heteroatoms. The van der Waals surface area contributed by atoms with Crippen molar-refractivity contribution >= 4 is 11.7 Å². The molecule has 4 nitrogen and oxygen atoms in total. The van der Waals surface area contributed by atoms with Gasteiger partial charge in [0.2, 0.25) is 0 Å². The number of hydrogen-bond donors (Lipinski definition) is 2. The molecule has 98 valence electrons. The van der Waals surface area contributed by atoms with Crippen molar-refractivity contribution in [1.29, 1.82) is 0 Å². The minimum Gasteiger partial charge on any atom is -0.323 e. The Morgan fingerprint density at radius 2 is 2.17 bits per heavy atom. The zero-order valence-electron chi connectivity index (χ0n) is 11.1. The van der Waals surface area contributed by atoms with Gasteiger partial charge in [0.15, 0.2) is 0 Å². The number of aryl methyl sites for hydroxylation is 1. The van der Waals surface area contributed by atoms with Crippen molar-refractivity contribution in [3.05, 3.63) is 29.8 Å². The second-order valence-corrected chi connectivity index (χ2v) is 4.82. The van der Waals surface area contributed by atoms with Crippen molar-refractivity contribution < 1.29 is 4.79 Å². The highest BCUT2D eigenvalue weighted by atomic mass is 16.2. The van der Waals surface area contributed by atoms with E-state index in [2.05, 4.69) is 10.6 Å². The molecule has 1 unspecified atom stereocenters. The van der Waals surface area contributed by atoms with Gasteiger partial charge in [0.25, 0.3) is 0 Å². The highest BCUT2D eigenvalue weighted by Gasteiger charge is 2.22. The van der Waals surface area contributed by atoms with Crippen LogP contribution in [0.5, 0.6) is 0 Å². The maximum absolute atomic E-state index is 12.2. The number of piperidine rings is 1. The fraction of sp³-hybridized carbons (Fsp3) is 0.500. The highest BCUT2D eigenvalue weighted by Crippen LogP contribution is 2.16. The molecule has 0 aliphatic carbocycles. The van der Waals surface area contributed by atoms with Crippen LogP contribution in [0.4, 0.5) is 10.5 Å². The third kappa shape index (κ3) is 3.01. The first-order chi connectivity index (χ1) is 8.70. The molecule has 1 aromatic carbocycles. The van der Waals surface area contributed by atoms with Crippen LogP contribution in [0.3, 0.4) is 0 Å². The number of hydrogen-bond acceptors (Lipinski definition) is 2. The van der Waals surface area contributed by atoms with Gasteiger partial charge in [-0.25, -0.2) is 4.79 Å². The van der Waals surface area contributed by atoms with Crippen LogP contribution in [0.1, 0.15) is 18.4 Å². The molecule has 18 heavy (non-hydrogen) atoms. The van der Waals surface area contributed by atoms with Gasteiger partial charge in [0.05, 0.1) is 0 Å². The van der Waals surface area contributed by atoms with E-state index < -0.39 is 0 Å². The van der Waals surface area contributed by atoms with Gasteiger partial charge in [-0.2, -0.15) is 0 Å². The van der Waals surface area contributed by atoms with Crippen LogP contribution in [-0.2, 0) is 0 Å². The predicted molar refractivity (Wildman–Crippen MR) is 73.9 cm³/mol. The number of benzene rings is 1. The normalized spacial score (nSPS) is 19.7. The molecule has 1 aromatic rings. The van der Waals surface area contributed by atoms with E-state index in [0.29, 0.717) is 6.04 Å². The average Bonchev–Trinajstić information content (AvgIpc) is 2.41. The Hall–Kier alpha value is -1.55. The van der Waals surface area contributed by atoms with Crippen molar-refractivity contribution in [2.24, 2.45) is 0 Å². The first kappa shape index (κ1) is 12.9. The van der Waals surface area contributed by atoms with E-state index in [1.807, 2.05) is 43.1 Å². The molecule has 2 amide bonds. The van der Waals surface area contributed by atoms with E-state index in [4.69, 9.17) is 0 Å². The maximum atomic E-state index is 12.2. The summed E-state index contributed by atoms with van der Waals surface area (Å²) in [5.74, 6) is 0. The number of carbonyl (C=O) groups excluding carboxylic acids is 1. The van der Waals surface area contributed by atoms with E-state index in [-0.39, 0.29) is 6.03 Å². The first-order valence-corrected chi connectivity index (χ1v) is 6.49. The Balaban J connectivity index is 1.97. The standard InChI is InChI=1S/C14H21N3O/c1-11-6-3-4-8-13(11)16-14(18)17-9-5-7-12(10-17)15-2/h3-4,6,8,12,15H,5,7,9-10H2,1-2H3,(H,16,18). The quantitative estimate of drug-likeness (QED) is 0.841. The number of likely N-dealkylation sites (N-methyl/N-ethyl adjacent to an activating group) is 1. The molecule has 0 spiro atoms. The lowest BCUT2D eigenvalue weighted by Gasteiger charge is -2.32. The van der Waals surface area contributed by atoms with Gasteiger partial charge < -0.3 is 15.5 Å². The number of para-hydroxylation sites is 1. The molecule has 1 saturated heterocycles. The molecular formula is C14H21N3O. The topological polar surface area (TPSA) is 44.4 Å². The number of urea groups is 1. The van der Waals surface area contributed by atoms with Crippen LogP contribution in [0, 0.1) is 6.92 Å². The Morgan fingerprint density at radius 3 is 2.89 bits per heavy atom. The number of anilines is 1. The predicted octanol–water partition coefficient (Wildman–Crippen LogP) is 2.21. The summed E-state index contributed by atoms with van der Waals surface area (Å²) in [6.07, 6.45) is 2.21. The van der Waals surface area contributed by atoms with Gasteiger partial charge in [0.1, 0.15) is 0 Å². The van der Waals surface area contributed by atoms with Crippen molar-refractivity contribution in [2.75, 3.05) is 25.5 Å². The number of likely N-dealkylation sites (tertiary alicyclic amines) is 1. The van der Waals surface area contributed by atoms with Gasteiger partial charge in [-0.15, -0.1) is 0 Å². The lowest BCUT2D eigenvalue weighted by molar-refractivity contribution is 0.187. The third-order valence-electron chi connectivity index (χ3n) is 3.50. The van der Waals surface area contributed by atoms with Gasteiger partial charge in [-0.3, -0.25) is 0 Å². The Bertz CT molecular complexity index is 419. The zero-order valence-corrected chi connectivity index (χ0v) is 11.1. The molecule has 2 rings (SSSR count). The summed E-state index contributed by atoms with van der Waals surface area (Å²) < 4.78 is 0. The summed E-state index contributed by atoms with van der Waals surface area (Å²) in [6, 6.07) is 8.28. The van der Waals surface area contributed by atoms with Crippen LogP contribution < -0.4 is 10.6 Å².